The smallest absolute Gasteiger partial charge is 0.154 e. The van der Waals surface area contributed by atoms with Crippen LogP contribution in [0.4, 0.5) is 0 Å². The third-order valence-electron chi connectivity index (χ3n) is 4.39. The zero-order valence-corrected chi connectivity index (χ0v) is 14.0. The Morgan fingerprint density at radius 2 is 2.29 bits per heavy atom. The molecule has 1 unspecified atom stereocenters. The van der Waals surface area contributed by atoms with E-state index >= 15 is 0 Å². The Balaban J connectivity index is 1.68. The summed E-state index contributed by atoms with van der Waals surface area (Å²) in [6, 6.07) is 12.1. The largest absolute Gasteiger partial charge is 0.377 e. The molecule has 0 amide bonds. The number of rotatable bonds is 5. The van der Waals surface area contributed by atoms with Gasteiger partial charge in [0.25, 0.3) is 0 Å². The molecule has 2 aromatic rings. The van der Waals surface area contributed by atoms with Crippen LogP contribution in [0.15, 0.2) is 36.5 Å². The Morgan fingerprint density at radius 3 is 3.12 bits per heavy atom. The Hall–Kier alpha value is -2.29. The van der Waals surface area contributed by atoms with E-state index in [2.05, 4.69) is 27.0 Å². The van der Waals surface area contributed by atoms with Gasteiger partial charge in [0.1, 0.15) is 6.61 Å². The summed E-state index contributed by atoms with van der Waals surface area (Å²) in [6.45, 7) is 3.40. The second-order valence-corrected chi connectivity index (χ2v) is 6.22. The highest BCUT2D eigenvalue weighted by atomic mass is 16.5. The Bertz CT molecular complexity index is 725. The highest BCUT2D eigenvalue weighted by Crippen LogP contribution is 2.26. The molecule has 5 nitrogen and oxygen atoms in total. The molecular weight excluding hydrogens is 300 g/mol. The van der Waals surface area contributed by atoms with Gasteiger partial charge in [0.15, 0.2) is 5.82 Å². The highest BCUT2D eigenvalue weighted by Gasteiger charge is 2.22. The van der Waals surface area contributed by atoms with Crippen molar-refractivity contribution in [2.45, 2.75) is 31.9 Å². The number of likely N-dealkylation sites (tertiary alicyclic amines) is 1. The summed E-state index contributed by atoms with van der Waals surface area (Å²) in [5.41, 5.74) is 3.02. The molecule has 1 aliphatic rings. The van der Waals surface area contributed by atoms with Gasteiger partial charge in [-0.15, -0.1) is 0 Å². The summed E-state index contributed by atoms with van der Waals surface area (Å²) < 4.78 is 5.13. The van der Waals surface area contributed by atoms with Crippen LogP contribution in [-0.4, -0.2) is 35.1 Å². The molecule has 1 aliphatic heterocycles. The maximum Gasteiger partial charge on any atom is 0.154 e. The number of methoxy groups -OCH3 is 1. The van der Waals surface area contributed by atoms with Crippen LogP contribution in [0, 0.1) is 11.3 Å². The molecule has 0 radical (unpaired) electrons. The topological polar surface area (TPSA) is 62.0 Å². The Kier molecular flexibility index (Phi) is 5.52. The Morgan fingerprint density at radius 1 is 1.38 bits per heavy atom. The van der Waals surface area contributed by atoms with Crippen molar-refractivity contribution in [2.24, 2.45) is 0 Å². The second-order valence-electron chi connectivity index (χ2n) is 6.22. The number of hydrogen-bond acceptors (Lipinski definition) is 5. The van der Waals surface area contributed by atoms with Crippen molar-refractivity contribution in [3.8, 4) is 6.07 Å². The molecule has 1 atom stereocenters. The van der Waals surface area contributed by atoms with E-state index in [-0.39, 0.29) is 0 Å². The van der Waals surface area contributed by atoms with Crippen LogP contribution >= 0.6 is 0 Å². The van der Waals surface area contributed by atoms with E-state index in [0.717, 1.165) is 49.6 Å². The zero-order chi connectivity index (χ0) is 16.8. The fraction of sp³-hybridized carbons (Fsp3) is 0.421. The van der Waals surface area contributed by atoms with Crippen LogP contribution in [0.25, 0.3) is 0 Å². The lowest BCUT2D eigenvalue weighted by Crippen LogP contribution is -2.34. The van der Waals surface area contributed by atoms with Gasteiger partial charge in [-0.1, -0.05) is 12.1 Å². The van der Waals surface area contributed by atoms with E-state index in [1.165, 1.54) is 5.56 Å². The first-order valence-corrected chi connectivity index (χ1v) is 8.30. The van der Waals surface area contributed by atoms with Gasteiger partial charge in [0.2, 0.25) is 0 Å². The van der Waals surface area contributed by atoms with Crippen molar-refractivity contribution in [3.05, 3.63) is 59.2 Å². The van der Waals surface area contributed by atoms with Gasteiger partial charge >= 0.3 is 0 Å². The van der Waals surface area contributed by atoms with Gasteiger partial charge in [-0.3, -0.25) is 4.90 Å². The summed E-state index contributed by atoms with van der Waals surface area (Å²) >= 11 is 0. The minimum Gasteiger partial charge on any atom is -0.377 e. The quantitative estimate of drug-likeness (QED) is 0.847. The molecule has 1 saturated heterocycles. The van der Waals surface area contributed by atoms with Gasteiger partial charge in [-0.05, 0) is 43.1 Å². The summed E-state index contributed by atoms with van der Waals surface area (Å²) in [4.78, 5) is 11.3. The minimum absolute atomic E-state index is 0.427. The highest BCUT2D eigenvalue weighted by molar-refractivity contribution is 5.32. The first-order chi connectivity index (χ1) is 11.8. The molecule has 124 valence electrons. The van der Waals surface area contributed by atoms with Crippen LogP contribution < -0.4 is 0 Å². The molecule has 1 fully saturated rings. The maximum atomic E-state index is 9.04. The molecule has 24 heavy (non-hydrogen) atoms. The van der Waals surface area contributed by atoms with Crippen molar-refractivity contribution in [2.75, 3.05) is 20.2 Å². The van der Waals surface area contributed by atoms with E-state index in [1.807, 2.05) is 30.5 Å². The standard InChI is InChI=1S/C19H22N4O/c1-24-14-19-21-8-7-18(22-19)17-6-3-9-23(13-17)12-16-5-2-4-15(10-16)11-20/h2,4-5,7-8,10,17H,3,6,9,12-14H2,1H3. The van der Waals surface area contributed by atoms with Gasteiger partial charge in [-0.25, -0.2) is 9.97 Å². The van der Waals surface area contributed by atoms with Crippen molar-refractivity contribution >= 4 is 0 Å². The normalized spacial score (nSPS) is 18.2. The van der Waals surface area contributed by atoms with Crippen molar-refractivity contribution in [3.63, 3.8) is 0 Å². The fourth-order valence-electron chi connectivity index (χ4n) is 3.28. The van der Waals surface area contributed by atoms with E-state index in [9.17, 15) is 0 Å². The van der Waals surface area contributed by atoms with E-state index in [0.29, 0.717) is 12.5 Å². The SMILES string of the molecule is COCc1nccc(C2CCCN(Cc3cccc(C#N)c3)C2)n1. The molecule has 2 heterocycles. The summed E-state index contributed by atoms with van der Waals surface area (Å²) in [7, 11) is 1.66. The minimum atomic E-state index is 0.427. The van der Waals surface area contributed by atoms with Gasteiger partial charge in [-0.2, -0.15) is 5.26 Å². The number of benzene rings is 1. The molecule has 0 N–H and O–H groups in total. The molecular formula is C19H22N4O. The van der Waals surface area contributed by atoms with Crippen LogP contribution in [0.2, 0.25) is 0 Å². The predicted molar refractivity (Wildman–Crippen MR) is 91.2 cm³/mol. The molecule has 0 saturated carbocycles. The second kappa shape index (κ2) is 8.00. The lowest BCUT2D eigenvalue weighted by molar-refractivity contribution is 0.176. The van der Waals surface area contributed by atoms with Crippen molar-refractivity contribution < 1.29 is 4.74 Å². The number of nitriles is 1. The maximum absolute atomic E-state index is 9.04. The average molecular weight is 322 g/mol. The third kappa shape index (κ3) is 4.16. The Labute approximate surface area is 142 Å². The van der Waals surface area contributed by atoms with E-state index in [1.54, 1.807) is 7.11 Å². The predicted octanol–water partition coefficient (Wildman–Crippen LogP) is 2.87. The average Bonchev–Trinajstić information content (AvgIpc) is 2.63. The van der Waals surface area contributed by atoms with Gasteiger partial charge < -0.3 is 4.74 Å². The van der Waals surface area contributed by atoms with Crippen LogP contribution in [-0.2, 0) is 17.9 Å². The first-order valence-electron chi connectivity index (χ1n) is 8.30. The van der Waals surface area contributed by atoms with Crippen molar-refractivity contribution in [1.82, 2.24) is 14.9 Å². The fourth-order valence-corrected chi connectivity index (χ4v) is 3.28. The lowest BCUT2D eigenvalue weighted by atomic mass is 9.94. The van der Waals surface area contributed by atoms with Crippen molar-refractivity contribution in [1.29, 1.82) is 5.26 Å². The monoisotopic (exact) mass is 322 g/mol. The number of aromatic nitrogens is 2. The van der Waals surface area contributed by atoms with Crippen LogP contribution in [0.1, 0.15) is 41.4 Å². The van der Waals surface area contributed by atoms with Gasteiger partial charge in [0, 0.05) is 38.0 Å². The summed E-state index contributed by atoms with van der Waals surface area (Å²) in [5.74, 6) is 1.17. The first kappa shape index (κ1) is 16.6. The number of piperidine rings is 1. The molecule has 1 aromatic heterocycles. The molecule has 5 heteroatoms. The van der Waals surface area contributed by atoms with Gasteiger partial charge in [0.05, 0.1) is 11.6 Å². The number of hydrogen-bond donors (Lipinski definition) is 0. The molecule has 0 aliphatic carbocycles. The molecule has 3 rings (SSSR count). The number of nitrogens with zero attached hydrogens (tertiary/aromatic N) is 4. The van der Waals surface area contributed by atoms with Crippen LogP contribution in [0.3, 0.4) is 0 Å². The third-order valence-corrected chi connectivity index (χ3v) is 4.39. The summed E-state index contributed by atoms with van der Waals surface area (Å²) in [5, 5.41) is 9.04. The zero-order valence-electron chi connectivity index (χ0n) is 14.0. The number of ether oxygens (including phenoxy) is 1. The summed E-state index contributed by atoms with van der Waals surface area (Å²) in [6.07, 6.45) is 4.14. The molecule has 0 bridgehead atoms. The molecule has 1 aromatic carbocycles. The van der Waals surface area contributed by atoms with E-state index < -0.39 is 0 Å². The van der Waals surface area contributed by atoms with E-state index in [4.69, 9.17) is 10.00 Å². The molecule has 0 spiro atoms. The van der Waals surface area contributed by atoms with Crippen LogP contribution in [0.5, 0.6) is 0 Å². The lowest BCUT2D eigenvalue weighted by Gasteiger charge is -2.32.